The molecular formula is C21H27N. The number of hydrogen-bond acceptors (Lipinski definition) is 1. The largest absolute Gasteiger partial charge is 0.327 e. The Morgan fingerprint density at radius 2 is 1.32 bits per heavy atom. The van der Waals surface area contributed by atoms with Crippen LogP contribution >= 0.6 is 0 Å². The summed E-state index contributed by atoms with van der Waals surface area (Å²) >= 11 is 0. The first-order valence-corrected chi connectivity index (χ1v) is 8.41. The number of hydrogen-bond donors (Lipinski definition) is 1. The molecule has 116 valence electrons. The summed E-state index contributed by atoms with van der Waals surface area (Å²) in [6.07, 6.45) is 3.38. The average molecular weight is 293 g/mol. The molecular weight excluding hydrogens is 266 g/mol. The number of aryl methyl sites for hydroxylation is 2. The summed E-state index contributed by atoms with van der Waals surface area (Å²) in [6, 6.07) is 18.6. The van der Waals surface area contributed by atoms with E-state index in [4.69, 9.17) is 5.73 Å². The van der Waals surface area contributed by atoms with Gasteiger partial charge in [0.1, 0.15) is 0 Å². The summed E-state index contributed by atoms with van der Waals surface area (Å²) in [5.74, 6) is 0.552. The van der Waals surface area contributed by atoms with Crippen LogP contribution in [0.5, 0.6) is 0 Å². The molecule has 1 aliphatic carbocycles. The van der Waals surface area contributed by atoms with Crippen LogP contribution in [0.4, 0.5) is 0 Å². The molecule has 2 N–H and O–H groups in total. The molecule has 0 aromatic heterocycles. The highest BCUT2D eigenvalue weighted by Gasteiger charge is 2.40. The Hall–Kier alpha value is -1.60. The van der Waals surface area contributed by atoms with Crippen molar-refractivity contribution in [2.75, 3.05) is 0 Å². The first-order valence-electron chi connectivity index (χ1n) is 8.41. The molecule has 1 nitrogen and oxygen atoms in total. The molecule has 1 aliphatic rings. The first kappa shape index (κ1) is 15.3. The van der Waals surface area contributed by atoms with Crippen LogP contribution in [0.2, 0.25) is 0 Å². The third-order valence-corrected chi connectivity index (χ3v) is 5.51. The van der Waals surface area contributed by atoms with Crippen LogP contribution in [0.1, 0.15) is 48.4 Å². The Labute approximate surface area is 134 Å². The maximum Gasteiger partial charge on any atom is 0.0206 e. The van der Waals surface area contributed by atoms with Gasteiger partial charge in [0.25, 0.3) is 0 Å². The smallest absolute Gasteiger partial charge is 0.0206 e. The van der Waals surface area contributed by atoms with Gasteiger partial charge in [0.15, 0.2) is 0 Å². The van der Waals surface area contributed by atoms with Crippen LogP contribution < -0.4 is 5.73 Å². The summed E-state index contributed by atoms with van der Waals surface area (Å²) in [5.41, 5.74) is 12.0. The zero-order valence-corrected chi connectivity index (χ0v) is 14.0. The lowest BCUT2D eigenvalue weighted by Gasteiger charge is -2.44. The second-order valence-electron chi connectivity index (χ2n) is 7.20. The fraction of sp³-hybridized carbons (Fsp3) is 0.429. The summed E-state index contributed by atoms with van der Waals surface area (Å²) in [5, 5.41) is 0. The molecule has 2 aromatic rings. The summed E-state index contributed by atoms with van der Waals surface area (Å²) in [6.45, 7) is 6.62. The molecule has 22 heavy (non-hydrogen) atoms. The van der Waals surface area contributed by atoms with Crippen molar-refractivity contribution < 1.29 is 0 Å². The predicted molar refractivity (Wildman–Crippen MR) is 94.1 cm³/mol. The minimum Gasteiger partial charge on any atom is -0.327 e. The van der Waals surface area contributed by atoms with Crippen molar-refractivity contribution in [1.29, 1.82) is 0 Å². The molecule has 0 saturated heterocycles. The zero-order valence-electron chi connectivity index (χ0n) is 14.0. The van der Waals surface area contributed by atoms with E-state index in [1.165, 1.54) is 22.3 Å². The third-order valence-electron chi connectivity index (χ3n) is 5.51. The minimum absolute atomic E-state index is 0.122. The Morgan fingerprint density at radius 3 is 1.73 bits per heavy atom. The lowest BCUT2D eigenvalue weighted by molar-refractivity contribution is 0.239. The molecule has 0 aliphatic heterocycles. The van der Waals surface area contributed by atoms with Gasteiger partial charge in [0, 0.05) is 11.5 Å². The highest BCUT2D eigenvalue weighted by atomic mass is 14.7. The topological polar surface area (TPSA) is 26.0 Å². The van der Waals surface area contributed by atoms with Crippen LogP contribution in [-0.4, -0.2) is 6.04 Å². The van der Waals surface area contributed by atoms with Gasteiger partial charge in [-0.05, 0) is 50.2 Å². The van der Waals surface area contributed by atoms with E-state index in [0.717, 1.165) is 19.3 Å². The molecule has 1 saturated carbocycles. The van der Waals surface area contributed by atoms with Crippen molar-refractivity contribution in [1.82, 2.24) is 0 Å². The van der Waals surface area contributed by atoms with Crippen molar-refractivity contribution in [2.45, 2.75) is 51.5 Å². The van der Waals surface area contributed by atoms with E-state index >= 15 is 0 Å². The maximum atomic E-state index is 6.30. The molecule has 0 heterocycles. The maximum absolute atomic E-state index is 6.30. The normalized spacial score (nSPS) is 24.2. The van der Waals surface area contributed by atoms with Gasteiger partial charge in [-0.1, -0.05) is 66.6 Å². The Morgan fingerprint density at radius 1 is 0.864 bits per heavy atom. The molecule has 2 atom stereocenters. The van der Waals surface area contributed by atoms with Crippen LogP contribution in [0, 0.1) is 19.8 Å². The number of nitrogens with two attached hydrogens (primary N) is 1. The van der Waals surface area contributed by atoms with Gasteiger partial charge in [-0.15, -0.1) is 0 Å². The van der Waals surface area contributed by atoms with Crippen LogP contribution in [-0.2, 0) is 5.41 Å². The van der Waals surface area contributed by atoms with E-state index < -0.39 is 0 Å². The summed E-state index contributed by atoms with van der Waals surface area (Å²) in [7, 11) is 0. The SMILES string of the molecule is Cc1ccc(C2(c3ccc(C)cc3)CCC(N)C(C)C2)cc1. The van der Waals surface area contributed by atoms with Gasteiger partial charge in [0.05, 0.1) is 0 Å². The van der Waals surface area contributed by atoms with Gasteiger partial charge in [-0.3, -0.25) is 0 Å². The minimum atomic E-state index is 0.122. The van der Waals surface area contributed by atoms with E-state index in [0.29, 0.717) is 12.0 Å². The summed E-state index contributed by atoms with van der Waals surface area (Å²) < 4.78 is 0. The second kappa shape index (κ2) is 5.89. The van der Waals surface area contributed by atoms with E-state index in [9.17, 15) is 0 Å². The van der Waals surface area contributed by atoms with E-state index in [2.05, 4.69) is 69.3 Å². The Balaban J connectivity index is 2.09. The van der Waals surface area contributed by atoms with E-state index in [-0.39, 0.29) is 5.41 Å². The van der Waals surface area contributed by atoms with Crippen LogP contribution in [0.25, 0.3) is 0 Å². The van der Waals surface area contributed by atoms with E-state index in [1.807, 2.05) is 0 Å². The second-order valence-corrected chi connectivity index (χ2v) is 7.20. The van der Waals surface area contributed by atoms with Crippen molar-refractivity contribution in [3.8, 4) is 0 Å². The summed E-state index contributed by atoms with van der Waals surface area (Å²) in [4.78, 5) is 0. The van der Waals surface area contributed by atoms with Crippen molar-refractivity contribution >= 4 is 0 Å². The highest BCUT2D eigenvalue weighted by molar-refractivity contribution is 5.42. The van der Waals surface area contributed by atoms with Crippen LogP contribution in [0.3, 0.4) is 0 Å². The fourth-order valence-electron chi connectivity index (χ4n) is 3.94. The van der Waals surface area contributed by atoms with Crippen molar-refractivity contribution in [2.24, 2.45) is 11.7 Å². The average Bonchev–Trinajstić information content (AvgIpc) is 2.52. The molecule has 1 heteroatoms. The lowest BCUT2D eigenvalue weighted by atomic mass is 9.61. The molecule has 0 spiro atoms. The predicted octanol–water partition coefficient (Wildman–Crippen LogP) is 4.74. The number of rotatable bonds is 2. The standard InChI is InChI=1S/C21H27N/c1-15-4-8-18(9-5-15)21(13-12-20(22)17(3)14-21)19-10-6-16(2)7-11-19/h4-11,17,20H,12-14,22H2,1-3H3. The fourth-order valence-corrected chi connectivity index (χ4v) is 3.94. The monoisotopic (exact) mass is 293 g/mol. The molecule has 0 radical (unpaired) electrons. The first-order chi connectivity index (χ1) is 10.5. The van der Waals surface area contributed by atoms with Gasteiger partial charge < -0.3 is 5.73 Å². The van der Waals surface area contributed by atoms with Gasteiger partial charge in [-0.2, -0.15) is 0 Å². The molecule has 0 amide bonds. The quantitative estimate of drug-likeness (QED) is 0.850. The van der Waals surface area contributed by atoms with Gasteiger partial charge in [0.2, 0.25) is 0 Å². The number of benzene rings is 2. The van der Waals surface area contributed by atoms with Crippen molar-refractivity contribution in [3.63, 3.8) is 0 Å². The van der Waals surface area contributed by atoms with E-state index in [1.54, 1.807) is 0 Å². The molecule has 2 aromatic carbocycles. The zero-order chi connectivity index (χ0) is 15.7. The van der Waals surface area contributed by atoms with Gasteiger partial charge in [-0.25, -0.2) is 0 Å². The molecule has 1 fully saturated rings. The Bertz CT molecular complexity index is 578. The van der Waals surface area contributed by atoms with Crippen molar-refractivity contribution in [3.05, 3.63) is 70.8 Å². The Kier molecular flexibility index (Phi) is 4.10. The molecule has 0 bridgehead atoms. The molecule has 2 unspecified atom stereocenters. The van der Waals surface area contributed by atoms with Gasteiger partial charge >= 0.3 is 0 Å². The van der Waals surface area contributed by atoms with Crippen LogP contribution in [0.15, 0.2) is 48.5 Å². The lowest BCUT2D eigenvalue weighted by Crippen LogP contribution is -2.43. The highest BCUT2D eigenvalue weighted by Crippen LogP contribution is 2.46. The third kappa shape index (κ3) is 2.70. The molecule has 3 rings (SSSR count).